The van der Waals surface area contributed by atoms with Gasteiger partial charge in [-0.25, -0.2) is 9.18 Å². The molecule has 1 rings (SSSR count). The molecule has 18 heavy (non-hydrogen) atoms. The summed E-state index contributed by atoms with van der Waals surface area (Å²) >= 11 is 1.67. The van der Waals surface area contributed by atoms with E-state index in [-0.39, 0.29) is 17.3 Å². The summed E-state index contributed by atoms with van der Waals surface area (Å²) in [4.78, 5) is 12.9. The number of carbonyl (C=O) groups is 1. The molecular formula is C13H18FNO2S. The highest BCUT2D eigenvalue weighted by molar-refractivity contribution is 7.98. The highest BCUT2D eigenvalue weighted by Crippen LogP contribution is 2.26. The maximum Gasteiger partial charge on any atom is 0.337 e. The number of anilines is 1. The molecule has 1 unspecified atom stereocenters. The molecule has 3 nitrogen and oxygen atoms in total. The molecule has 1 atom stereocenters. The van der Waals surface area contributed by atoms with Crippen LogP contribution in [0.1, 0.15) is 23.7 Å². The lowest BCUT2D eigenvalue weighted by atomic mass is 10.1. The summed E-state index contributed by atoms with van der Waals surface area (Å²) < 4.78 is 13.9. The SMILES string of the molecule is CCC(CSC)N(C)c1c(F)cccc1C(=O)O. The van der Waals surface area contributed by atoms with Gasteiger partial charge in [-0.1, -0.05) is 13.0 Å². The van der Waals surface area contributed by atoms with Crippen LogP contribution in [0.3, 0.4) is 0 Å². The predicted octanol–water partition coefficient (Wildman–Crippen LogP) is 3.10. The van der Waals surface area contributed by atoms with E-state index in [0.717, 1.165) is 12.2 Å². The minimum atomic E-state index is -1.10. The van der Waals surface area contributed by atoms with Crippen LogP contribution in [0.4, 0.5) is 10.1 Å². The van der Waals surface area contributed by atoms with E-state index in [1.165, 1.54) is 18.2 Å². The van der Waals surface area contributed by atoms with Crippen LogP contribution < -0.4 is 4.90 Å². The van der Waals surface area contributed by atoms with Gasteiger partial charge in [0.1, 0.15) is 5.82 Å². The molecule has 0 heterocycles. The first kappa shape index (κ1) is 14.8. The molecule has 0 amide bonds. The second-order valence-electron chi connectivity index (χ2n) is 4.07. The standard InChI is InChI=1S/C13H18FNO2S/c1-4-9(8-18-3)15(2)12-10(13(16)17)6-5-7-11(12)14/h5-7,9H,4,8H2,1-3H3,(H,16,17). The molecule has 0 aromatic heterocycles. The summed E-state index contributed by atoms with van der Waals surface area (Å²) in [5.74, 6) is -0.757. The first-order valence-electron chi connectivity index (χ1n) is 5.76. The summed E-state index contributed by atoms with van der Waals surface area (Å²) in [6, 6.07) is 4.27. The van der Waals surface area contributed by atoms with Gasteiger partial charge in [-0.05, 0) is 24.8 Å². The third kappa shape index (κ3) is 3.16. The zero-order chi connectivity index (χ0) is 13.7. The Morgan fingerprint density at radius 3 is 2.72 bits per heavy atom. The van der Waals surface area contributed by atoms with Crippen LogP contribution in [0.25, 0.3) is 0 Å². The van der Waals surface area contributed by atoms with Gasteiger partial charge in [-0.2, -0.15) is 11.8 Å². The Kier molecular flexibility index (Phi) is 5.47. The average molecular weight is 271 g/mol. The Morgan fingerprint density at radius 2 is 2.22 bits per heavy atom. The van der Waals surface area contributed by atoms with Crippen molar-refractivity contribution in [2.45, 2.75) is 19.4 Å². The quantitative estimate of drug-likeness (QED) is 0.863. The lowest BCUT2D eigenvalue weighted by molar-refractivity contribution is 0.0697. The molecule has 0 spiro atoms. The van der Waals surface area contributed by atoms with Gasteiger partial charge in [-0.3, -0.25) is 0 Å². The number of carboxylic acid groups (broad SMARTS) is 1. The van der Waals surface area contributed by atoms with Crippen LogP contribution in [0.15, 0.2) is 18.2 Å². The van der Waals surface area contributed by atoms with Crippen molar-refractivity contribution in [1.82, 2.24) is 0 Å². The summed E-state index contributed by atoms with van der Waals surface area (Å²) in [5.41, 5.74) is 0.183. The maximum atomic E-state index is 13.9. The molecule has 1 N–H and O–H groups in total. The van der Waals surface area contributed by atoms with E-state index in [2.05, 4.69) is 0 Å². The summed E-state index contributed by atoms with van der Waals surface area (Å²) in [7, 11) is 1.75. The van der Waals surface area contributed by atoms with Gasteiger partial charge < -0.3 is 10.0 Å². The number of rotatable bonds is 6. The normalized spacial score (nSPS) is 12.2. The smallest absolute Gasteiger partial charge is 0.337 e. The first-order chi connectivity index (χ1) is 8.52. The largest absolute Gasteiger partial charge is 0.478 e. The molecule has 0 radical (unpaired) electrons. The maximum absolute atomic E-state index is 13.9. The molecule has 100 valence electrons. The second-order valence-corrected chi connectivity index (χ2v) is 4.98. The van der Waals surface area contributed by atoms with Gasteiger partial charge >= 0.3 is 5.97 Å². The van der Waals surface area contributed by atoms with Gasteiger partial charge in [0.15, 0.2) is 0 Å². The molecule has 0 fully saturated rings. The van der Waals surface area contributed by atoms with Crippen LogP contribution in [0, 0.1) is 5.82 Å². The molecule has 0 aliphatic rings. The Morgan fingerprint density at radius 1 is 1.56 bits per heavy atom. The number of aromatic carboxylic acids is 1. The number of hydrogen-bond acceptors (Lipinski definition) is 3. The molecule has 1 aromatic rings. The Labute approximate surface area is 111 Å². The fourth-order valence-corrected chi connectivity index (χ4v) is 2.77. The lowest BCUT2D eigenvalue weighted by Crippen LogP contribution is -2.35. The van der Waals surface area contributed by atoms with Crippen LogP contribution >= 0.6 is 11.8 Å². The van der Waals surface area contributed by atoms with Crippen molar-refractivity contribution in [3.8, 4) is 0 Å². The number of hydrogen-bond donors (Lipinski definition) is 1. The number of carboxylic acids is 1. The molecule has 0 saturated heterocycles. The fraction of sp³-hybridized carbons (Fsp3) is 0.462. The topological polar surface area (TPSA) is 40.5 Å². The molecule has 0 aliphatic heterocycles. The number of para-hydroxylation sites is 1. The van der Waals surface area contributed by atoms with E-state index in [4.69, 9.17) is 5.11 Å². The molecule has 0 bridgehead atoms. The zero-order valence-corrected chi connectivity index (χ0v) is 11.6. The number of benzene rings is 1. The van der Waals surface area contributed by atoms with Crippen LogP contribution in [-0.4, -0.2) is 36.2 Å². The van der Waals surface area contributed by atoms with Crippen molar-refractivity contribution in [2.24, 2.45) is 0 Å². The summed E-state index contributed by atoms with van der Waals surface area (Å²) in [5, 5.41) is 9.12. The minimum absolute atomic E-state index is 0.0112. The molecule has 5 heteroatoms. The van der Waals surface area contributed by atoms with Crippen molar-refractivity contribution in [1.29, 1.82) is 0 Å². The third-order valence-electron chi connectivity index (χ3n) is 2.95. The van der Waals surface area contributed by atoms with Crippen LogP contribution in [0.5, 0.6) is 0 Å². The van der Waals surface area contributed by atoms with Gasteiger partial charge in [-0.15, -0.1) is 0 Å². The Balaban J connectivity index is 3.17. The van der Waals surface area contributed by atoms with Crippen molar-refractivity contribution in [3.05, 3.63) is 29.6 Å². The van der Waals surface area contributed by atoms with E-state index in [9.17, 15) is 9.18 Å². The van der Waals surface area contributed by atoms with E-state index >= 15 is 0 Å². The summed E-state index contributed by atoms with van der Waals surface area (Å²) in [6.07, 6.45) is 2.82. The Hall–Kier alpha value is -1.23. The fourth-order valence-electron chi connectivity index (χ4n) is 1.92. The molecule has 0 aliphatic carbocycles. The van der Waals surface area contributed by atoms with E-state index in [1.54, 1.807) is 23.7 Å². The lowest BCUT2D eigenvalue weighted by Gasteiger charge is -2.30. The van der Waals surface area contributed by atoms with Crippen LogP contribution in [0.2, 0.25) is 0 Å². The van der Waals surface area contributed by atoms with Crippen molar-refractivity contribution in [3.63, 3.8) is 0 Å². The highest BCUT2D eigenvalue weighted by Gasteiger charge is 2.22. The zero-order valence-electron chi connectivity index (χ0n) is 10.8. The van der Waals surface area contributed by atoms with Crippen LogP contribution in [-0.2, 0) is 0 Å². The van der Waals surface area contributed by atoms with E-state index < -0.39 is 11.8 Å². The number of halogens is 1. The third-order valence-corrected chi connectivity index (χ3v) is 3.67. The minimum Gasteiger partial charge on any atom is -0.478 e. The first-order valence-corrected chi connectivity index (χ1v) is 7.15. The van der Waals surface area contributed by atoms with E-state index in [0.29, 0.717) is 0 Å². The monoisotopic (exact) mass is 271 g/mol. The Bertz CT molecular complexity index is 425. The average Bonchev–Trinajstić information content (AvgIpc) is 2.34. The second kappa shape index (κ2) is 6.64. The molecule has 0 saturated carbocycles. The van der Waals surface area contributed by atoms with Gasteiger partial charge in [0.2, 0.25) is 0 Å². The summed E-state index contributed by atoms with van der Waals surface area (Å²) in [6.45, 7) is 2.01. The van der Waals surface area contributed by atoms with E-state index in [1.807, 2.05) is 13.2 Å². The highest BCUT2D eigenvalue weighted by atomic mass is 32.2. The van der Waals surface area contributed by atoms with Gasteiger partial charge in [0.25, 0.3) is 0 Å². The van der Waals surface area contributed by atoms with Crippen molar-refractivity contribution in [2.75, 3.05) is 24.0 Å². The van der Waals surface area contributed by atoms with Gasteiger partial charge in [0.05, 0.1) is 11.3 Å². The van der Waals surface area contributed by atoms with Crippen molar-refractivity contribution >= 4 is 23.4 Å². The number of nitrogens with zero attached hydrogens (tertiary/aromatic N) is 1. The molecular weight excluding hydrogens is 253 g/mol. The van der Waals surface area contributed by atoms with Crippen molar-refractivity contribution < 1.29 is 14.3 Å². The predicted molar refractivity (Wildman–Crippen MR) is 74.2 cm³/mol. The van der Waals surface area contributed by atoms with Gasteiger partial charge in [0, 0.05) is 18.8 Å². The molecule has 1 aromatic carbocycles. The number of thioether (sulfide) groups is 1.